The summed E-state index contributed by atoms with van der Waals surface area (Å²) in [7, 11) is 4.02. The lowest BCUT2D eigenvalue weighted by molar-refractivity contribution is -0.142. The van der Waals surface area contributed by atoms with E-state index < -0.39 is 0 Å². The molecule has 6 heteroatoms. The van der Waals surface area contributed by atoms with Gasteiger partial charge in [-0.15, -0.1) is 0 Å². The van der Waals surface area contributed by atoms with E-state index in [-0.39, 0.29) is 11.9 Å². The summed E-state index contributed by atoms with van der Waals surface area (Å²) >= 11 is 0. The first-order chi connectivity index (χ1) is 16.1. The molecule has 0 N–H and O–H groups in total. The minimum Gasteiger partial charge on any atom is -0.362 e. The lowest BCUT2D eigenvalue weighted by Crippen LogP contribution is -2.57. The molecule has 1 aromatic carbocycles. The van der Waals surface area contributed by atoms with Gasteiger partial charge in [0, 0.05) is 64.4 Å². The number of piperazine rings is 1. The number of carbonyl (C=O) groups excluding carboxylic acids is 1. The van der Waals surface area contributed by atoms with Crippen molar-refractivity contribution < 1.29 is 4.79 Å². The third-order valence-electron chi connectivity index (χ3n) is 6.20. The number of pyridine rings is 2. The third-order valence-corrected chi connectivity index (χ3v) is 6.20. The highest BCUT2D eigenvalue weighted by molar-refractivity contribution is 5.83. The third kappa shape index (κ3) is 5.40. The fraction of sp³-hybridized carbons (Fsp3) is 0.370. The minimum absolute atomic E-state index is 0.190. The maximum absolute atomic E-state index is 13.5. The van der Waals surface area contributed by atoms with Crippen LogP contribution in [0.15, 0.2) is 67.1 Å². The Labute approximate surface area is 196 Å². The number of benzene rings is 1. The fourth-order valence-corrected chi connectivity index (χ4v) is 4.59. The molecule has 0 unspecified atom stereocenters. The second kappa shape index (κ2) is 10.6. The summed E-state index contributed by atoms with van der Waals surface area (Å²) in [6, 6.07) is 16.4. The first-order valence-electron chi connectivity index (χ1n) is 11.7. The van der Waals surface area contributed by atoms with E-state index in [1.165, 1.54) is 0 Å². The minimum atomic E-state index is -0.190. The zero-order valence-electron chi connectivity index (χ0n) is 19.8. The second-order valence-electron chi connectivity index (χ2n) is 8.84. The zero-order valence-corrected chi connectivity index (χ0v) is 19.8. The molecular formula is C27H33N5O. The van der Waals surface area contributed by atoms with Crippen LogP contribution in [0.1, 0.15) is 24.5 Å². The summed E-state index contributed by atoms with van der Waals surface area (Å²) in [4.78, 5) is 28.8. The van der Waals surface area contributed by atoms with E-state index in [1.54, 1.807) is 6.20 Å². The average Bonchev–Trinajstić information content (AvgIpc) is 2.84. The van der Waals surface area contributed by atoms with Crippen molar-refractivity contribution in [2.24, 2.45) is 0 Å². The van der Waals surface area contributed by atoms with Crippen LogP contribution in [0.25, 0.3) is 11.1 Å². The molecule has 1 aliphatic heterocycles. The fourth-order valence-electron chi connectivity index (χ4n) is 4.59. The summed E-state index contributed by atoms with van der Waals surface area (Å²) < 4.78 is 0. The van der Waals surface area contributed by atoms with Gasteiger partial charge in [0.2, 0.25) is 5.91 Å². The number of carbonyl (C=O) groups is 1. The molecule has 6 nitrogen and oxygen atoms in total. The molecular weight excluding hydrogens is 410 g/mol. The Morgan fingerprint density at radius 2 is 1.85 bits per heavy atom. The molecule has 1 amide bonds. The molecule has 0 radical (unpaired) electrons. The van der Waals surface area contributed by atoms with Crippen LogP contribution in [0.4, 0.5) is 5.82 Å². The smallest absolute Gasteiger partial charge is 0.240 e. The van der Waals surface area contributed by atoms with Crippen molar-refractivity contribution >= 4 is 11.7 Å². The molecule has 3 heterocycles. The SMILES string of the molecule is CCCN1CCN(Cc2cccnc2N(C)C)[C@@H](Cc2cccc(-c3cccnc3)c2)C1=O. The Morgan fingerprint density at radius 3 is 2.61 bits per heavy atom. The Kier molecular flexibility index (Phi) is 7.35. The van der Waals surface area contributed by atoms with E-state index in [9.17, 15) is 4.79 Å². The van der Waals surface area contributed by atoms with Crippen molar-refractivity contribution in [1.29, 1.82) is 0 Å². The molecule has 2 aromatic heterocycles. The zero-order chi connectivity index (χ0) is 23.2. The maximum atomic E-state index is 13.5. The summed E-state index contributed by atoms with van der Waals surface area (Å²) in [6.45, 7) is 5.29. The predicted molar refractivity (Wildman–Crippen MR) is 133 cm³/mol. The van der Waals surface area contributed by atoms with Gasteiger partial charge in [-0.1, -0.05) is 43.3 Å². The molecule has 0 aliphatic carbocycles. The molecule has 3 aromatic rings. The lowest BCUT2D eigenvalue weighted by atomic mass is 9.97. The van der Waals surface area contributed by atoms with E-state index in [4.69, 9.17) is 0 Å². The van der Waals surface area contributed by atoms with Crippen molar-refractivity contribution in [2.75, 3.05) is 38.6 Å². The number of hydrogen-bond acceptors (Lipinski definition) is 5. The standard InChI is InChI=1S/C27H33N5O/c1-4-14-31-15-16-32(20-24-11-7-13-29-26(24)30(2)3)25(27(31)33)18-21-8-5-9-22(17-21)23-10-6-12-28-19-23/h5-13,17,19,25H,4,14-16,18,20H2,1-3H3/t25-/m0/s1. The van der Waals surface area contributed by atoms with Crippen molar-refractivity contribution in [2.45, 2.75) is 32.4 Å². The molecule has 1 aliphatic rings. The largest absolute Gasteiger partial charge is 0.362 e. The predicted octanol–water partition coefficient (Wildman–Crippen LogP) is 3.88. The van der Waals surface area contributed by atoms with Crippen LogP contribution >= 0.6 is 0 Å². The number of aromatic nitrogens is 2. The van der Waals surface area contributed by atoms with Gasteiger partial charge in [-0.25, -0.2) is 4.98 Å². The van der Waals surface area contributed by atoms with Gasteiger partial charge in [-0.3, -0.25) is 14.7 Å². The number of rotatable bonds is 8. The van der Waals surface area contributed by atoms with E-state index >= 15 is 0 Å². The van der Waals surface area contributed by atoms with Crippen molar-refractivity contribution in [3.63, 3.8) is 0 Å². The van der Waals surface area contributed by atoms with Gasteiger partial charge in [0.25, 0.3) is 0 Å². The average molecular weight is 444 g/mol. The molecule has 0 spiro atoms. The van der Waals surface area contributed by atoms with Gasteiger partial charge in [0.05, 0.1) is 6.04 Å². The van der Waals surface area contributed by atoms with Crippen LogP contribution in [-0.4, -0.2) is 65.4 Å². The molecule has 172 valence electrons. The van der Waals surface area contributed by atoms with Crippen LogP contribution in [-0.2, 0) is 17.8 Å². The van der Waals surface area contributed by atoms with E-state index in [2.05, 4.69) is 58.2 Å². The molecule has 33 heavy (non-hydrogen) atoms. The lowest BCUT2D eigenvalue weighted by Gasteiger charge is -2.41. The number of hydrogen-bond donors (Lipinski definition) is 0. The van der Waals surface area contributed by atoms with Crippen LogP contribution < -0.4 is 4.90 Å². The first-order valence-corrected chi connectivity index (χ1v) is 11.7. The Bertz CT molecular complexity index is 1070. The van der Waals surface area contributed by atoms with Crippen LogP contribution in [0.2, 0.25) is 0 Å². The summed E-state index contributed by atoms with van der Waals surface area (Å²) in [5, 5.41) is 0. The second-order valence-corrected chi connectivity index (χ2v) is 8.84. The summed E-state index contributed by atoms with van der Waals surface area (Å²) in [5.41, 5.74) is 4.53. The van der Waals surface area contributed by atoms with Gasteiger partial charge in [-0.05, 0) is 41.7 Å². The Hall–Kier alpha value is -3.25. The van der Waals surface area contributed by atoms with E-state index in [0.29, 0.717) is 13.0 Å². The van der Waals surface area contributed by atoms with Gasteiger partial charge in [0.1, 0.15) is 5.82 Å². The Morgan fingerprint density at radius 1 is 1.03 bits per heavy atom. The monoisotopic (exact) mass is 443 g/mol. The number of nitrogens with zero attached hydrogens (tertiary/aromatic N) is 5. The summed E-state index contributed by atoms with van der Waals surface area (Å²) in [6.07, 6.45) is 7.15. The van der Waals surface area contributed by atoms with Crippen molar-refractivity contribution in [3.05, 3.63) is 78.2 Å². The van der Waals surface area contributed by atoms with Crippen molar-refractivity contribution in [1.82, 2.24) is 19.8 Å². The molecule has 1 atom stereocenters. The highest BCUT2D eigenvalue weighted by Crippen LogP contribution is 2.25. The number of amides is 1. The van der Waals surface area contributed by atoms with Gasteiger partial charge >= 0.3 is 0 Å². The molecule has 0 saturated carbocycles. The highest BCUT2D eigenvalue weighted by atomic mass is 16.2. The summed E-state index contributed by atoms with van der Waals surface area (Å²) in [5.74, 6) is 1.18. The maximum Gasteiger partial charge on any atom is 0.240 e. The van der Waals surface area contributed by atoms with Crippen LogP contribution in [0.3, 0.4) is 0 Å². The van der Waals surface area contributed by atoms with E-state index in [1.807, 2.05) is 48.4 Å². The van der Waals surface area contributed by atoms with Crippen LogP contribution in [0.5, 0.6) is 0 Å². The van der Waals surface area contributed by atoms with Gasteiger partial charge in [-0.2, -0.15) is 0 Å². The quantitative estimate of drug-likeness (QED) is 0.529. The normalized spacial score (nSPS) is 16.8. The molecule has 0 bridgehead atoms. The highest BCUT2D eigenvalue weighted by Gasteiger charge is 2.34. The van der Waals surface area contributed by atoms with Gasteiger partial charge < -0.3 is 9.80 Å². The van der Waals surface area contributed by atoms with E-state index in [0.717, 1.165) is 54.1 Å². The van der Waals surface area contributed by atoms with Crippen molar-refractivity contribution in [3.8, 4) is 11.1 Å². The molecule has 1 fully saturated rings. The first kappa shape index (κ1) is 22.9. The van der Waals surface area contributed by atoms with Crippen LogP contribution in [0, 0.1) is 0 Å². The topological polar surface area (TPSA) is 52.6 Å². The van der Waals surface area contributed by atoms with Gasteiger partial charge in [0.15, 0.2) is 0 Å². The Balaban J connectivity index is 1.61. The molecule has 1 saturated heterocycles. The number of anilines is 1. The molecule has 4 rings (SSSR count).